The largest absolute Gasteiger partial charge is 0.277 e. The summed E-state index contributed by atoms with van der Waals surface area (Å²) in [5.74, 6) is -4.15. The van der Waals surface area contributed by atoms with Gasteiger partial charge in [0.2, 0.25) is 0 Å². The van der Waals surface area contributed by atoms with Gasteiger partial charge in [0.05, 0.1) is 17.6 Å². The first-order valence-electron chi connectivity index (χ1n) is 12.1. The lowest BCUT2D eigenvalue weighted by atomic mass is 10.0. The molecular weight excluding hydrogens is 568 g/mol. The minimum atomic E-state index is -2.70. The highest BCUT2D eigenvalue weighted by Crippen LogP contribution is 2.55. The predicted molar refractivity (Wildman–Crippen MR) is 146 cm³/mol. The van der Waals surface area contributed by atoms with Crippen molar-refractivity contribution in [1.82, 2.24) is 14.5 Å². The molecule has 5 rings (SSSR count). The minimum Gasteiger partial charge on any atom is -0.277 e. The maximum Gasteiger partial charge on any atom is 0.274 e. The van der Waals surface area contributed by atoms with E-state index in [4.69, 9.17) is 11.6 Å². The van der Waals surface area contributed by atoms with Gasteiger partial charge >= 0.3 is 0 Å². The number of aryl methyl sites for hydroxylation is 2. The minimum absolute atomic E-state index is 0.0860. The van der Waals surface area contributed by atoms with Crippen molar-refractivity contribution in [3.63, 3.8) is 0 Å². The van der Waals surface area contributed by atoms with E-state index in [2.05, 4.69) is 14.3 Å². The van der Waals surface area contributed by atoms with Gasteiger partial charge in [-0.15, -0.1) is 0 Å². The van der Waals surface area contributed by atoms with Crippen molar-refractivity contribution in [1.29, 1.82) is 0 Å². The van der Waals surface area contributed by atoms with Crippen LogP contribution in [0.2, 0.25) is 5.02 Å². The molecule has 3 heterocycles. The van der Waals surface area contributed by atoms with Crippen molar-refractivity contribution in [3.8, 4) is 16.9 Å². The fraction of sp³-hybridized carbons (Fsp3) is 0.250. The average molecular weight is 591 g/mol. The van der Waals surface area contributed by atoms with Crippen molar-refractivity contribution in [2.24, 2.45) is 4.36 Å². The average Bonchev–Trinajstić information content (AvgIpc) is 3.64. The second kappa shape index (κ2) is 10.1. The lowest BCUT2D eigenvalue weighted by Crippen LogP contribution is -2.24. The van der Waals surface area contributed by atoms with Crippen molar-refractivity contribution < 1.29 is 21.8 Å². The maximum absolute atomic E-state index is 16.1. The smallest absolute Gasteiger partial charge is 0.274 e. The molecule has 0 aliphatic heterocycles. The fourth-order valence-electron chi connectivity index (χ4n) is 4.86. The Labute approximate surface area is 232 Å². The number of hydrogen-bond acceptors (Lipinski definition) is 5. The van der Waals surface area contributed by atoms with Crippen LogP contribution < -0.4 is 5.56 Å². The molecular formula is C28H23ClF4N4O2S. The molecule has 1 aliphatic carbocycles. The Morgan fingerprint density at radius 2 is 1.75 bits per heavy atom. The van der Waals surface area contributed by atoms with Gasteiger partial charge in [-0.1, -0.05) is 17.7 Å². The zero-order chi connectivity index (χ0) is 29.1. The van der Waals surface area contributed by atoms with Crippen LogP contribution in [0.25, 0.3) is 16.9 Å². The maximum atomic E-state index is 16.1. The van der Waals surface area contributed by atoms with E-state index in [0.29, 0.717) is 23.2 Å². The number of hydrogen-bond donors (Lipinski definition) is 0. The quantitative estimate of drug-likeness (QED) is 0.241. The fourth-order valence-corrected chi connectivity index (χ4v) is 5.75. The van der Waals surface area contributed by atoms with Crippen LogP contribution in [0.4, 0.5) is 23.2 Å². The Morgan fingerprint density at radius 1 is 1.02 bits per heavy atom. The predicted octanol–water partition coefficient (Wildman–Crippen LogP) is 6.75. The van der Waals surface area contributed by atoms with E-state index in [-0.39, 0.29) is 45.2 Å². The Hall–Kier alpha value is -3.57. The Balaban J connectivity index is 1.61. The zero-order valence-corrected chi connectivity index (χ0v) is 23.4. The molecule has 0 N–H and O–H groups in total. The molecule has 40 heavy (non-hydrogen) atoms. The van der Waals surface area contributed by atoms with Gasteiger partial charge in [-0.25, -0.2) is 21.8 Å². The lowest BCUT2D eigenvalue weighted by Gasteiger charge is -2.18. The highest BCUT2D eigenvalue weighted by molar-refractivity contribution is 7.92. The SMILES string of the molecule is Cc1cnc(-c2cccc(N=S(C)(C)=O)c2F)c(F)c1-n1c(C)cc([C@@H]2CC2c2ncc(F)cc2F)c(Cl)c1=O. The molecule has 2 atom stereocenters. The molecule has 0 bridgehead atoms. The van der Waals surface area contributed by atoms with E-state index >= 15 is 8.78 Å². The number of rotatable bonds is 5. The van der Waals surface area contributed by atoms with E-state index in [1.54, 1.807) is 19.9 Å². The second-order valence-electron chi connectivity index (χ2n) is 10.0. The molecule has 0 radical (unpaired) electrons. The number of nitrogens with zero attached hydrogens (tertiary/aromatic N) is 4. The van der Waals surface area contributed by atoms with E-state index in [1.807, 2.05) is 0 Å². The van der Waals surface area contributed by atoms with Crippen LogP contribution in [-0.4, -0.2) is 31.3 Å². The van der Waals surface area contributed by atoms with E-state index in [1.165, 1.54) is 36.9 Å². The van der Waals surface area contributed by atoms with Crippen LogP contribution in [-0.2, 0) is 9.73 Å². The van der Waals surface area contributed by atoms with Gasteiger partial charge in [0.15, 0.2) is 11.6 Å². The molecule has 0 saturated heterocycles. The highest BCUT2D eigenvalue weighted by atomic mass is 35.5. The summed E-state index contributed by atoms with van der Waals surface area (Å²) >= 11 is 6.50. The van der Waals surface area contributed by atoms with Gasteiger partial charge in [0, 0.05) is 51.7 Å². The first kappa shape index (κ1) is 28.0. The van der Waals surface area contributed by atoms with Gasteiger partial charge in [0.25, 0.3) is 5.56 Å². The summed E-state index contributed by atoms with van der Waals surface area (Å²) < 4.78 is 76.1. The van der Waals surface area contributed by atoms with Crippen LogP contribution in [0.3, 0.4) is 0 Å². The molecule has 12 heteroatoms. The summed E-state index contributed by atoms with van der Waals surface area (Å²) in [5, 5.41) is -0.176. The normalized spacial score (nSPS) is 16.7. The summed E-state index contributed by atoms with van der Waals surface area (Å²) in [5.41, 5.74) is -0.485. The van der Waals surface area contributed by atoms with Crippen molar-refractivity contribution in [2.75, 3.05) is 12.5 Å². The Bertz CT molecular complexity index is 1880. The third kappa shape index (κ3) is 5.03. The summed E-state index contributed by atoms with van der Waals surface area (Å²) in [4.78, 5) is 21.5. The van der Waals surface area contributed by atoms with Gasteiger partial charge in [-0.2, -0.15) is 4.36 Å². The molecule has 1 aliphatic rings. The third-order valence-electron chi connectivity index (χ3n) is 6.69. The van der Waals surface area contributed by atoms with E-state index in [9.17, 15) is 17.8 Å². The second-order valence-corrected chi connectivity index (χ2v) is 13.0. The van der Waals surface area contributed by atoms with Crippen LogP contribution >= 0.6 is 11.6 Å². The molecule has 1 saturated carbocycles. The molecule has 1 unspecified atom stereocenters. The van der Waals surface area contributed by atoms with E-state index < -0.39 is 38.6 Å². The molecule has 208 valence electrons. The third-order valence-corrected chi connectivity index (χ3v) is 7.71. The summed E-state index contributed by atoms with van der Waals surface area (Å²) in [6.07, 6.45) is 5.39. The molecule has 1 aromatic carbocycles. The van der Waals surface area contributed by atoms with Gasteiger partial charge in [-0.05, 0) is 55.5 Å². The van der Waals surface area contributed by atoms with Gasteiger partial charge in [0.1, 0.15) is 28.0 Å². The molecule has 0 spiro atoms. The Morgan fingerprint density at radius 3 is 2.42 bits per heavy atom. The molecule has 0 amide bonds. The molecule has 6 nitrogen and oxygen atoms in total. The van der Waals surface area contributed by atoms with Crippen molar-refractivity contribution >= 4 is 27.0 Å². The van der Waals surface area contributed by atoms with Crippen molar-refractivity contribution in [2.45, 2.75) is 32.1 Å². The van der Waals surface area contributed by atoms with Gasteiger partial charge < -0.3 is 0 Å². The summed E-state index contributed by atoms with van der Waals surface area (Å²) in [7, 11) is -2.70. The van der Waals surface area contributed by atoms with Crippen LogP contribution in [0.5, 0.6) is 0 Å². The summed E-state index contributed by atoms with van der Waals surface area (Å²) in [6.45, 7) is 3.14. The monoisotopic (exact) mass is 590 g/mol. The van der Waals surface area contributed by atoms with E-state index in [0.717, 1.165) is 16.8 Å². The number of benzene rings is 1. The standard InChI is InChI=1S/C28H23ClF4N4O2S/c1-13-11-34-26(16-6-5-7-21(23(16)32)36-40(3,4)39)24(33)27(13)37-14(2)8-18(22(29)28(37)38)17-10-19(17)25-20(31)9-15(30)12-35-25/h5-9,11-12,17,19H,10H2,1-4H3/t17-,19?/m0/s1. The van der Waals surface area contributed by atoms with Crippen LogP contribution in [0.1, 0.15) is 40.8 Å². The number of aromatic nitrogens is 3. The molecule has 3 aromatic heterocycles. The Kier molecular flexibility index (Phi) is 7.08. The zero-order valence-electron chi connectivity index (χ0n) is 21.8. The number of pyridine rings is 3. The van der Waals surface area contributed by atoms with Crippen LogP contribution in [0.15, 0.2) is 51.9 Å². The van der Waals surface area contributed by atoms with Gasteiger partial charge in [-0.3, -0.25) is 19.3 Å². The number of halogens is 5. The molecule has 1 fully saturated rings. The summed E-state index contributed by atoms with van der Waals surface area (Å²) in [6, 6.07) is 6.45. The highest BCUT2D eigenvalue weighted by Gasteiger charge is 2.44. The topological polar surface area (TPSA) is 77.2 Å². The lowest BCUT2D eigenvalue weighted by molar-refractivity contribution is 0.557. The van der Waals surface area contributed by atoms with Crippen molar-refractivity contribution in [3.05, 3.63) is 104 Å². The van der Waals surface area contributed by atoms with Crippen LogP contribution in [0, 0.1) is 37.1 Å². The molecule has 4 aromatic rings. The first-order chi connectivity index (χ1) is 18.8. The first-order valence-corrected chi connectivity index (χ1v) is 14.8.